The van der Waals surface area contributed by atoms with Gasteiger partial charge in [0.25, 0.3) is 0 Å². The third-order valence-corrected chi connectivity index (χ3v) is 3.14. The summed E-state index contributed by atoms with van der Waals surface area (Å²) in [5.74, 6) is 0. The predicted octanol–water partition coefficient (Wildman–Crippen LogP) is 2.58. The Morgan fingerprint density at radius 1 is 1.50 bits per heavy atom. The Morgan fingerprint density at radius 2 is 2.21 bits per heavy atom. The maximum Gasteiger partial charge on any atom is 0.0613 e. The lowest BCUT2D eigenvalue weighted by Gasteiger charge is -2.37. The summed E-state index contributed by atoms with van der Waals surface area (Å²) in [7, 11) is 1.77. The maximum atomic E-state index is 5.13. The third kappa shape index (κ3) is 3.97. The molecule has 2 nitrogen and oxygen atoms in total. The van der Waals surface area contributed by atoms with Crippen LogP contribution in [0.1, 0.15) is 46.5 Å². The minimum atomic E-state index is 0.485. The monoisotopic (exact) mass is 199 g/mol. The van der Waals surface area contributed by atoms with Crippen LogP contribution in [0.3, 0.4) is 0 Å². The van der Waals surface area contributed by atoms with Crippen LogP contribution in [0.2, 0.25) is 0 Å². The normalized spacial score (nSPS) is 28.7. The van der Waals surface area contributed by atoms with E-state index in [1.807, 2.05) is 0 Å². The Balaban J connectivity index is 2.30. The molecule has 0 radical (unpaired) electrons. The van der Waals surface area contributed by atoms with Crippen molar-refractivity contribution >= 4 is 0 Å². The smallest absolute Gasteiger partial charge is 0.0613 e. The van der Waals surface area contributed by atoms with E-state index in [9.17, 15) is 0 Å². The van der Waals surface area contributed by atoms with Crippen molar-refractivity contribution in [2.75, 3.05) is 13.7 Å². The van der Waals surface area contributed by atoms with Gasteiger partial charge in [-0.3, -0.25) is 0 Å². The predicted molar refractivity (Wildman–Crippen MR) is 60.5 cm³/mol. The van der Waals surface area contributed by atoms with Crippen molar-refractivity contribution in [3.63, 3.8) is 0 Å². The summed E-state index contributed by atoms with van der Waals surface area (Å²) in [6.07, 6.45) is 5.38. The Morgan fingerprint density at radius 3 is 2.79 bits per heavy atom. The number of hydrogen-bond acceptors (Lipinski definition) is 2. The molecule has 0 unspecified atom stereocenters. The van der Waals surface area contributed by atoms with Crippen molar-refractivity contribution < 1.29 is 4.74 Å². The molecule has 1 N–H and O–H groups in total. The zero-order chi connectivity index (χ0) is 10.6. The van der Waals surface area contributed by atoms with Crippen LogP contribution in [0, 0.1) is 5.41 Å². The van der Waals surface area contributed by atoms with Crippen molar-refractivity contribution in [3.8, 4) is 0 Å². The van der Waals surface area contributed by atoms with Gasteiger partial charge in [0.15, 0.2) is 0 Å². The summed E-state index contributed by atoms with van der Waals surface area (Å²) in [5.41, 5.74) is 0.530. The van der Waals surface area contributed by atoms with Crippen LogP contribution < -0.4 is 5.32 Å². The van der Waals surface area contributed by atoms with Gasteiger partial charge in [-0.25, -0.2) is 0 Å². The van der Waals surface area contributed by atoms with Crippen molar-refractivity contribution in [2.45, 2.75) is 58.5 Å². The Hall–Kier alpha value is -0.0800. The molecular formula is C12H25NO. The van der Waals surface area contributed by atoms with E-state index < -0.39 is 0 Å². The first kappa shape index (κ1) is 12.0. The van der Waals surface area contributed by atoms with E-state index in [4.69, 9.17) is 4.74 Å². The van der Waals surface area contributed by atoms with Gasteiger partial charge in [-0.15, -0.1) is 0 Å². The molecule has 0 aliphatic heterocycles. The molecule has 1 rings (SSSR count). The summed E-state index contributed by atoms with van der Waals surface area (Å²) >= 11 is 0. The summed E-state index contributed by atoms with van der Waals surface area (Å²) in [6, 6.07) is 1.18. The highest BCUT2D eigenvalue weighted by molar-refractivity contribution is 4.84. The minimum absolute atomic E-state index is 0.485. The highest BCUT2D eigenvalue weighted by Gasteiger charge is 2.28. The lowest BCUT2D eigenvalue weighted by Crippen LogP contribution is -2.43. The highest BCUT2D eigenvalue weighted by Crippen LogP contribution is 2.35. The number of nitrogens with one attached hydrogen (secondary N) is 1. The molecule has 0 aromatic rings. The molecule has 1 saturated carbocycles. The van der Waals surface area contributed by atoms with Gasteiger partial charge >= 0.3 is 0 Å². The second-order valence-corrected chi connectivity index (χ2v) is 5.48. The van der Waals surface area contributed by atoms with E-state index in [-0.39, 0.29) is 0 Å². The maximum absolute atomic E-state index is 5.13. The average Bonchev–Trinajstić information content (AvgIpc) is 2.02. The van der Waals surface area contributed by atoms with E-state index in [2.05, 4.69) is 26.1 Å². The molecular weight excluding hydrogens is 174 g/mol. The van der Waals surface area contributed by atoms with Crippen molar-refractivity contribution in [1.82, 2.24) is 5.32 Å². The van der Waals surface area contributed by atoms with Crippen molar-refractivity contribution in [2.24, 2.45) is 5.41 Å². The van der Waals surface area contributed by atoms with Gasteiger partial charge in [-0.2, -0.15) is 0 Å². The standard InChI is InChI=1S/C12H25NO/c1-10(9-14-4)13-11-6-5-7-12(2,3)8-11/h10-11,13H,5-9H2,1-4H3/t10-,11+/m1/s1. The third-order valence-electron chi connectivity index (χ3n) is 3.14. The molecule has 0 saturated heterocycles. The van der Waals surface area contributed by atoms with Crippen molar-refractivity contribution in [1.29, 1.82) is 0 Å². The van der Waals surface area contributed by atoms with E-state index in [0.717, 1.165) is 6.61 Å². The summed E-state index contributed by atoms with van der Waals surface area (Å²) in [4.78, 5) is 0. The largest absolute Gasteiger partial charge is 0.383 e. The van der Waals surface area contributed by atoms with Crippen LogP contribution in [0.25, 0.3) is 0 Å². The number of methoxy groups -OCH3 is 1. The topological polar surface area (TPSA) is 21.3 Å². The SMILES string of the molecule is COC[C@@H](C)N[C@H]1CCCC(C)(C)C1. The fraction of sp³-hybridized carbons (Fsp3) is 1.00. The second kappa shape index (κ2) is 5.13. The molecule has 0 heterocycles. The van der Waals surface area contributed by atoms with E-state index in [1.165, 1.54) is 25.7 Å². The second-order valence-electron chi connectivity index (χ2n) is 5.48. The van der Waals surface area contributed by atoms with Crippen LogP contribution in [0.15, 0.2) is 0 Å². The zero-order valence-electron chi connectivity index (χ0n) is 10.1. The Kier molecular flexibility index (Phi) is 4.39. The van der Waals surface area contributed by atoms with Crippen molar-refractivity contribution in [3.05, 3.63) is 0 Å². The lowest BCUT2D eigenvalue weighted by molar-refractivity contribution is 0.142. The Labute approximate surface area is 88.4 Å². The van der Waals surface area contributed by atoms with Crippen LogP contribution in [-0.4, -0.2) is 25.8 Å². The first-order valence-electron chi connectivity index (χ1n) is 5.78. The molecule has 0 spiro atoms. The van der Waals surface area contributed by atoms with Gasteiger partial charge < -0.3 is 10.1 Å². The molecule has 0 amide bonds. The number of ether oxygens (including phenoxy) is 1. The van der Waals surface area contributed by atoms with Gasteiger partial charge in [0.1, 0.15) is 0 Å². The Bertz CT molecular complexity index is 168. The van der Waals surface area contributed by atoms with Gasteiger partial charge in [-0.05, 0) is 31.6 Å². The molecule has 0 aromatic heterocycles. The summed E-state index contributed by atoms with van der Waals surface area (Å²) < 4.78 is 5.13. The number of rotatable bonds is 4. The highest BCUT2D eigenvalue weighted by atomic mass is 16.5. The fourth-order valence-electron chi connectivity index (χ4n) is 2.54. The van der Waals surface area contributed by atoms with E-state index in [0.29, 0.717) is 17.5 Å². The quantitative estimate of drug-likeness (QED) is 0.751. The number of hydrogen-bond donors (Lipinski definition) is 1. The van der Waals surface area contributed by atoms with Crippen LogP contribution in [0.5, 0.6) is 0 Å². The van der Waals surface area contributed by atoms with Crippen LogP contribution in [0.4, 0.5) is 0 Å². The molecule has 14 heavy (non-hydrogen) atoms. The molecule has 1 fully saturated rings. The van der Waals surface area contributed by atoms with Crippen LogP contribution >= 0.6 is 0 Å². The van der Waals surface area contributed by atoms with Gasteiger partial charge in [-0.1, -0.05) is 20.3 Å². The van der Waals surface area contributed by atoms with Crippen LogP contribution in [-0.2, 0) is 4.74 Å². The fourth-order valence-corrected chi connectivity index (χ4v) is 2.54. The summed E-state index contributed by atoms with van der Waals surface area (Å²) in [5, 5.41) is 3.65. The molecule has 1 aliphatic carbocycles. The molecule has 0 bridgehead atoms. The average molecular weight is 199 g/mol. The van der Waals surface area contributed by atoms with E-state index in [1.54, 1.807) is 7.11 Å². The first-order valence-corrected chi connectivity index (χ1v) is 5.78. The molecule has 2 atom stereocenters. The lowest BCUT2D eigenvalue weighted by atomic mass is 9.75. The zero-order valence-corrected chi connectivity index (χ0v) is 10.1. The molecule has 1 aliphatic rings. The molecule has 84 valence electrons. The van der Waals surface area contributed by atoms with Gasteiger partial charge in [0.05, 0.1) is 6.61 Å². The van der Waals surface area contributed by atoms with Gasteiger partial charge in [0.2, 0.25) is 0 Å². The molecule has 0 aromatic carbocycles. The van der Waals surface area contributed by atoms with E-state index >= 15 is 0 Å². The summed E-state index contributed by atoms with van der Waals surface area (Å²) in [6.45, 7) is 7.77. The first-order chi connectivity index (χ1) is 6.53. The van der Waals surface area contributed by atoms with Gasteiger partial charge in [0, 0.05) is 19.2 Å². The molecule has 2 heteroatoms. The minimum Gasteiger partial charge on any atom is -0.383 e.